The number of hydrogen-bond donors (Lipinski definition) is 1. The molecule has 0 bridgehead atoms. The van der Waals surface area contributed by atoms with Crippen molar-refractivity contribution >= 4 is 29.6 Å². The molecule has 5 aliphatic rings. The quantitative estimate of drug-likeness (QED) is 0.173. The third-order valence-corrected chi connectivity index (χ3v) is 16.5. The number of aryl methyl sites for hydroxylation is 1. The van der Waals surface area contributed by atoms with Crippen LogP contribution in [0.5, 0.6) is 0 Å². The molecule has 60 heavy (non-hydrogen) atoms. The second-order valence-electron chi connectivity index (χ2n) is 20.5. The van der Waals surface area contributed by atoms with Crippen LogP contribution >= 0.6 is 0 Å². The highest BCUT2D eigenvalue weighted by atomic mass is 14.9. The van der Waals surface area contributed by atoms with Crippen LogP contribution in [0.25, 0.3) is 33.4 Å². The first-order valence-electron chi connectivity index (χ1n) is 22.6. The fourth-order valence-electron chi connectivity index (χ4n) is 13.3. The summed E-state index contributed by atoms with van der Waals surface area (Å²) >= 11 is 0. The van der Waals surface area contributed by atoms with Crippen molar-refractivity contribution in [2.45, 2.75) is 95.8 Å². The smallest absolute Gasteiger partial charge is 0.193 e. The summed E-state index contributed by atoms with van der Waals surface area (Å²) in [5.41, 5.74) is 26.6. The molecular formula is C58H54BN. The van der Waals surface area contributed by atoms with E-state index in [2.05, 4.69) is 186 Å². The van der Waals surface area contributed by atoms with Gasteiger partial charge in [-0.3, -0.25) is 0 Å². The van der Waals surface area contributed by atoms with Gasteiger partial charge in [-0.25, -0.2) is 0 Å². The molecule has 2 heteroatoms. The van der Waals surface area contributed by atoms with Crippen molar-refractivity contribution in [2.24, 2.45) is 5.41 Å². The van der Waals surface area contributed by atoms with E-state index < -0.39 is 5.41 Å². The van der Waals surface area contributed by atoms with Gasteiger partial charge in [0.05, 0.1) is 11.1 Å². The average molecular weight is 776 g/mol. The molecule has 3 aliphatic carbocycles. The third kappa shape index (κ3) is 4.71. The van der Waals surface area contributed by atoms with Crippen molar-refractivity contribution < 1.29 is 0 Å². The lowest BCUT2D eigenvalue weighted by Crippen LogP contribution is -2.54. The standard InChI is InChI=1S/C58H54BN/c1-35-18-7-8-19-38(35)36-30-42(53-43(31-36)44-34-56(5)28-15-16-29-57(56,6)49-32-37(55(2,3)4)33-50(59-53)52(44)49)41-22-17-26-48-54(41)60-51-27-14-13-25-47(51)58(48)45-23-11-9-20-39(45)40-21-10-12-24-46(40)58/h7-14,17-27,30-33,44,59-60H,15-16,28-29,34H2,1-6H3. The minimum absolute atomic E-state index is 0.0652. The van der Waals surface area contributed by atoms with Crippen LogP contribution in [0.1, 0.15) is 123 Å². The number of para-hydroxylation sites is 2. The molecule has 0 aromatic heterocycles. The Bertz CT molecular complexity index is 2920. The van der Waals surface area contributed by atoms with Crippen molar-refractivity contribution in [1.29, 1.82) is 0 Å². The summed E-state index contributed by atoms with van der Waals surface area (Å²) in [5, 5.41) is 4.14. The van der Waals surface area contributed by atoms with E-state index in [4.69, 9.17) is 0 Å². The van der Waals surface area contributed by atoms with Gasteiger partial charge in [0.25, 0.3) is 0 Å². The summed E-state index contributed by atoms with van der Waals surface area (Å²) in [4.78, 5) is 0. The summed E-state index contributed by atoms with van der Waals surface area (Å²) in [6.07, 6.45) is 6.45. The number of anilines is 2. The number of hydrogen-bond acceptors (Lipinski definition) is 1. The lowest BCUT2D eigenvalue weighted by Gasteiger charge is -2.58. The molecule has 1 N–H and O–H groups in total. The van der Waals surface area contributed by atoms with Gasteiger partial charge in [0.15, 0.2) is 7.28 Å². The highest BCUT2D eigenvalue weighted by Crippen LogP contribution is 2.64. The Morgan fingerprint density at radius 3 is 1.97 bits per heavy atom. The van der Waals surface area contributed by atoms with Gasteiger partial charge in [-0.15, -0.1) is 0 Å². The van der Waals surface area contributed by atoms with Crippen LogP contribution in [-0.4, -0.2) is 7.28 Å². The van der Waals surface area contributed by atoms with Crippen molar-refractivity contribution in [3.63, 3.8) is 0 Å². The third-order valence-electron chi connectivity index (χ3n) is 16.5. The zero-order chi connectivity index (χ0) is 40.8. The molecule has 1 nitrogen and oxygen atoms in total. The second-order valence-corrected chi connectivity index (χ2v) is 20.5. The van der Waals surface area contributed by atoms with E-state index in [0.29, 0.717) is 5.92 Å². The van der Waals surface area contributed by atoms with Crippen LogP contribution in [0.4, 0.5) is 11.4 Å². The van der Waals surface area contributed by atoms with E-state index in [-0.39, 0.29) is 16.2 Å². The van der Waals surface area contributed by atoms with Gasteiger partial charge in [-0.1, -0.05) is 186 Å². The van der Waals surface area contributed by atoms with Crippen LogP contribution in [-0.2, 0) is 16.2 Å². The van der Waals surface area contributed by atoms with Crippen molar-refractivity contribution in [3.8, 4) is 33.4 Å². The van der Waals surface area contributed by atoms with Crippen LogP contribution in [0.2, 0.25) is 0 Å². The summed E-state index contributed by atoms with van der Waals surface area (Å²) < 4.78 is 0. The molecule has 2 heterocycles. The van der Waals surface area contributed by atoms with Gasteiger partial charge in [-0.05, 0) is 132 Å². The maximum Gasteiger partial charge on any atom is 0.193 e. The molecule has 3 atom stereocenters. The average Bonchev–Trinajstić information content (AvgIpc) is 3.54. The first-order chi connectivity index (χ1) is 29.0. The Morgan fingerprint density at radius 1 is 0.600 bits per heavy atom. The maximum absolute atomic E-state index is 4.14. The Hall–Kier alpha value is -5.60. The fourth-order valence-corrected chi connectivity index (χ4v) is 13.3. The highest BCUT2D eigenvalue weighted by molar-refractivity contribution is 6.70. The SMILES string of the molecule is Cc1ccccc1-c1cc(-c2cccc3c2Nc2ccccc2C32c3ccccc3-c3ccccc32)c2c(c1)C1CC3(C)CCCCC3(C)c3cc(C(C)(C)C)cc(c31)B2. The topological polar surface area (TPSA) is 12.0 Å². The summed E-state index contributed by atoms with van der Waals surface area (Å²) in [7, 11) is 0.950. The van der Waals surface area contributed by atoms with E-state index >= 15 is 0 Å². The molecule has 0 amide bonds. The molecule has 0 radical (unpaired) electrons. The van der Waals surface area contributed by atoms with Gasteiger partial charge in [-0.2, -0.15) is 0 Å². The van der Waals surface area contributed by atoms with Crippen molar-refractivity contribution in [2.75, 3.05) is 5.32 Å². The summed E-state index contributed by atoms with van der Waals surface area (Å²) in [6.45, 7) is 14.8. The zero-order valence-electron chi connectivity index (χ0n) is 36.1. The molecule has 1 saturated carbocycles. The Balaban J connectivity index is 1.17. The van der Waals surface area contributed by atoms with E-state index in [9.17, 15) is 0 Å². The van der Waals surface area contributed by atoms with E-state index in [1.54, 1.807) is 22.2 Å². The lowest BCUT2D eigenvalue weighted by atomic mass is 9.42. The molecular weight excluding hydrogens is 721 g/mol. The van der Waals surface area contributed by atoms with Gasteiger partial charge in [0.2, 0.25) is 0 Å². The molecule has 7 aromatic carbocycles. The van der Waals surface area contributed by atoms with E-state index in [0.717, 1.165) is 7.28 Å². The monoisotopic (exact) mass is 775 g/mol. The second kappa shape index (κ2) is 12.5. The highest BCUT2D eigenvalue weighted by Gasteiger charge is 2.55. The molecule has 2 aliphatic heterocycles. The van der Waals surface area contributed by atoms with Crippen LogP contribution < -0.4 is 16.2 Å². The summed E-state index contributed by atoms with van der Waals surface area (Å²) in [6, 6.07) is 54.1. The largest absolute Gasteiger partial charge is 0.354 e. The first-order valence-corrected chi connectivity index (χ1v) is 22.6. The molecule has 0 saturated heterocycles. The van der Waals surface area contributed by atoms with E-state index in [1.165, 1.54) is 116 Å². The Labute approximate surface area is 357 Å². The van der Waals surface area contributed by atoms with Crippen LogP contribution in [0, 0.1) is 12.3 Å². The van der Waals surface area contributed by atoms with Gasteiger partial charge < -0.3 is 5.32 Å². The van der Waals surface area contributed by atoms with Crippen molar-refractivity contribution in [3.05, 3.63) is 190 Å². The minimum Gasteiger partial charge on any atom is -0.354 e. The zero-order valence-corrected chi connectivity index (χ0v) is 36.1. The van der Waals surface area contributed by atoms with Gasteiger partial charge in [0, 0.05) is 17.2 Å². The normalized spacial score (nSPS) is 22.2. The Morgan fingerprint density at radius 2 is 1.23 bits per heavy atom. The number of nitrogens with one attached hydrogen (secondary N) is 1. The maximum atomic E-state index is 4.14. The fraction of sp³-hybridized carbons (Fsp3) is 0.276. The number of fused-ring (bicyclic) bond motifs is 13. The van der Waals surface area contributed by atoms with E-state index in [1.807, 2.05) is 0 Å². The number of benzene rings is 7. The van der Waals surface area contributed by atoms with Crippen LogP contribution in [0.3, 0.4) is 0 Å². The molecule has 7 aromatic rings. The predicted octanol–water partition coefficient (Wildman–Crippen LogP) is 13.1. The number of rotatable bonds is 2. The molecule has 3 unspecified atom stereocenters. The Kier molecular flexibility index (Phi) is 7.54. The molecule has 294 valence electrons. The van der Waals surface area contributed by atoms with Gasteiger partial charge >= 0.3 is 0 Å². The molecule has 1 fully saturated rings. The molecule has 1 spiro atoms. The predicted molar refractivity (Wildman–Crippen MR) is 255 cm³/mol. The molecule has 12 rings (SSSR count). The summed E-state index contributed by atoms with van der Waals surface area (Å²) in [5.74, 6) is 0.361. The first kappa shape index (κ1) is 36.3. The lowest BCUT2D eigenvalue weighted by molar-refractivity contribution is 0.0602. The van der Waals surface area contributed by atoms with Crippen LogP contribution in [0.15, 0.2) is 140 Å². The van der Waals surface area contributed by atoms with Gasteiger partial charge in [0.1, 0.15) is 0 Å². The minimum atomic E-state index is -0.444. The van der Waals surface area contributed by atoms with Crippen molar-refractivity contribution in [1.82, 2.24) is 0 Å².